The van der Waals surface area contributed by atoms with Crippen molar-refractivity contribution in [3.05, 3.63) is 23.8 Å². The first-order chi connectivity index (χ1) is 8.13. The van der Waals surface area contributed by atoms with Gasteiger partial charge < -0.3 is 16.2 Å². The molecule has 0 aliphatic carbocycles. The number of nitriles is 1. The number of rotatable bonds is 5. The molecule has 0 saturated carbocycles. The zero-order valence-electron chi connectivity index (χ0n) is 9.97. The molecular weight excluding hydrogens is 234 g/mol. The van der Waals surface area contributed by atoms with Crippen molar-refractivity contribution in [2.24, 2.45) is 0 Å². The van der Waals surface area contributed by atoms with Gasteiger partial charge in [0.1, 0.15) is 6.07 Å². The number of aliphatic hydroxyl groups is 1. The lowest BCUT2D eigenvalue weighted by atomic mass is 10.1. The Morgan fingerprint density at radius 3 is 2.82 bits per heavy atom. The molecule has 4 nitrogen and oxygen atoms in total. The lowest BCUT2D eigenvalue weighted by Gasteiger charge is -2.23. The summed E-state index contributed by atoms with van der Waals surface area (Å²) in [5.41, 5.74) is 7.53. The maximum atomic E-state index is 9.20. The molecule has 5 heteroatoms. The number of hydrogen-bond donors (Lipinski definition) is 3. The third-order valence-corrected chi connectivity index (χ3v) is 3.81. The second-order valence-electron chi connectivity index (χ2n) is 3.77. The summed E-state index contributed by atoms with van der Waals surface area (Å²) in [5.74, 6) is 0. The Balaban J connectivity index is 2.85. The largest absolute Gasteiger partial charge is 0.396 e. The number of nitrogens with zero attached hydrogens (tertiary/aromatic N) is 1. The Morgan fingerprint density at radius 2 is 2.29 bits per heavy atom. The smallest absolute Gasteiger partial charge is 0.101 e. The third kappa shape index (κ3) is 3.29. The van der Waals surface area contributed by atoms with Crippen LogP contribution in [0.15, 0.2) is 18.2 Å². The molecule has 0 saturated heterocycles. The van der Waals surface area contributed by atoms with E-state index in [1.165, 1.54) is 0 Å². The number of benzene rings is 1. The van der Waals surface area contributed by atoms with Crippen LogP contribution in [0.4, 0.5) is 11.4 Å². The maximum Gasteiger partial charge on any atom is 0.101 e. The van der Waals surface area contributed by atoms with Crippen molar-refractivity contribution in [2.45, 2.75) is 18.2 Å². The van der Waals surface area contributed by atoms with Crippen LogP contribution in [0, 0.1) is 11.3 Å². The molecule has 0 radical (unpaired) electrons. The molecule has 0 aliphatic rings. The van der Waals surface area contributed by atoms with Crippen molar-refractivity contribution in [3.63, 3.8) is 0 Å². The fourth-order valence-corrected chi connectivity index (χ4v) is 2.19. The Kier molecular flexibility index (Phi) is 5.13. The van der Waals surface area contributed by atoms with Crippen molar-refractivity contribution in [1.82, 2.24) is 0 Å². The minimum Gasteiger partial charge on any atom is -0.396 e. The van der Waals surface area contributed by atoms with E-state index in [0.29, 0.717) is 11.3 Å². The van der Waals surface area contributed by atoms with Crippen LogP contribution in [0.3, 0.4) is 0 Å². The Bertz CT molecular complexity index is 413. The standard InChI is InChI=1S/C12H17N3OS/c1-8(11(7-16)17-2)15-10-5-3-4-9(6-13)12(10)14/h3-5,8,11,15-16H,7,14H2,1-2H3. The van der Waals surface area contributed by atoms with Crippen molar-refractivity contribution in [2.75, 3.05) is 23.9 Å². The van der Waals surface area contributed by atoms with Crippen LogP contribution in [0.1, 0.15) is 12.5 Å². The van der Waals surface area contributed by atoms with E-state index >= 15 is 0 Å². The number of nitrogen functional groups attached to an aromatic ring is 1. The predicted octanol–water partition coefficient (Wildman–Crippen LogP) is 1.66. The molecule has 0 fully saturated rings. The fraction of sp³-hybridized carbons (Fsp3) is 0.417. The molecule has 0 aromatic heterocycles. The average Bonchev–Trinajstić information content (AvgIpc) is 2.33. The second kappa shape index (κ2) is 6.38. The molecule has 92 valence electrons. The van der Waals surface area contributed by atoms with Gasteiger partial charge in [0.15, 0.2) is 0 Å². The van der Waals surface area contributed by atoms with Gasteiger partial charge in [0.05, 0.1) is 23.5 Å². The van der Waals surface area contributed by atoms with Gasteiger partial charge in [-0.05, 0) is 25.3 Å². The molecule has 0 amide bonds. The SMILES string of the molecule is CSC(CO)C(C)Nc1cccc(C#N)c1N. The molecule has 2 atom stereocenters. The quantitative estimate of drug-likeness (QED) is 0.693. The minimum absolute atomic E-state index is 0.0752. The van der Waals surface area contributed by atoms with E-state index < -0.39 is 0 Å². The Labute approximate surface area is 106 Å². The summed E-state index contributed by atoms with van der Waals surface area (Å²) in [6.07, 6.45) is 1.95. The van der Waals surface area contributed by atoms with E-state index in [1.54, 1.807) is 23.9 Å². The highest BCUT2D eigenvalue weighted by molar-refractivity contribution is 7.99. The summed E-state index contributed by atoms with van der Waals surface area (Å²) < 4.78 is 0. The first kappa shape index (κ1) is 13.7. The van der Waals surface area contributed by atoms with Gasteiger partial charge in [0, 0.05) is 11.3 Å². The van der Waals surface area contributed by atoms with Crippen LogP contribution in [-0.2, 0) is 0 Å². The number of nitrogens with two attached hydrogens (primary N) is 1. The summed E-state index contributed by atoms with van der Waals surface area (Å²) in [6.45, 7) is 2.09. The highest BCUT2D eigenvalue weighted by Crippen LogP contribution is 2.24. The molecule has 2 unspecified atom stereocenters. The van der Waals surface area contributed by atoms with Gasteiger partial charge in [0.25, 0.3) is 0 Å². The maximum absolute atomic E-state index is 9.20. The molecule has 17 heavy (non-hydrogen) atoms. The lowest BCUT2D eigenvalue weighted by molar-refractivity contribution is 0.288. The van der Waals surface area contributed by atoms with Crippen LogP contribution in [0.2, 0.25) is 0 Å². The monoisotopic (exact) mass is 251 g/mol. The Hall–Kier alpha value is -1.38. The molecule has 0 bridgehead atoms. The summed E-state index contributed by atoms with van der Waals surface area (Å²) in [5, 5.41) is 21.4. The Morgan fingerprint density at radius 1 is 1.59 bits per heavy atom. The van der Waals surface area contributed by atoms with E-state index in [2.05, 4.69) is 5.32 Å². The van der Waals surface area contributed by atoms with Crippen LogP contribution in [0.25, 0.3) is 0 Å². The van der Waals surface area contributed by atoms with Crippen molar-refractivity contribution < 1.29 is 5.11 Å². The first-order valence-electron chi connectivity index (χ1n) is 5.32. The molecular formula is C12H17N3OS. The molecule has 0 aliphatic heterocycles. The van der Waals surface area contributed by atoms with Crippen LogP contribution in [-0.4, -0.2) is 29.3 Å². The highest BCUT2D eigenvalue weighted by atomic mass is 32.2. The van der Waals surface area contributed by atoms with Gasteiger partial charge in [-0.25, -0.2) is 0 Å². The van der Waals surface area contributed by atoms with E-state index in [0.717, 1.165) is 5.69 Å². The lowest BCUT2D eigenvalue weighted by Crippen LogP contribution is -2.31. The summed E-state index contributed by atoms with van der Waals surface area (Å²) in [7, 11) is 0. The summed E-state index contributed by atoms with van der Waals surface area (Å²) in [6, 6.07) is 7.43. The number of para-hydroxylation sites is 1. The van der Waals surface area contributed by atoms with Crippen LogP contribution >= 0.6 is 11.8 Å². The first-order valence-corrected chi connectivity index (χ1v) is 6.61. The fourth-order valence-electron chi connectivity index (χ4n) is 1.56. The van der Waals surface area contributed by atoms with Gasteiger partial charge in [-0.2, -0.15) is 17.0 Å². The van der Waals surface area contributed by atoms with E-state index in [4.69, 9.17) is 11.0 Å². The number of nitrogens with one attached hydrogen (secondary N) is 1. The van der Waals surface area contributed by atoms with Crippen LogP contribution in [0.5, 0.6) is 0 Å². The van der Waals surface area contributed by atoms with Crippen molar-refractivity contribution >= 4 is 23.1 Å². The molecule has 1 aromatic carbocycles. The number of anilines is 2. The molecule has 0 heterocycles. The van der Waals surface area contributed by atoms with Crippen molar-refractivity contribution in [1.29, 1.82) is 5.26 Å². The number of hydrogen-bond acceptors (Lipinski definition) is 5. The minimum atomic E-state index is 0.0752. The normalized spacial score (nSPS) is 13.8. The van der Waals surface area contributed by atoms with Gasteiger partial charge in [0.2, 0.25) is 0 Å². The third-order valence-electron chi connectivity index (χ3n) is 2.65. The molecule has 4 N–H and O–H groups in total. The second-order valence-corrected chi connectivity index (χ2v) is 4.85. The summed E-state index contributed by atoms with van der Waals surface area (Å²) >= 11 is 1.59. The molecule has 0 spiro atoms. The van der Waals surface area contributed by atoms with E-state index in [1.807, 2.05) is 25.3 Å². The zero-order chi connectivity index (χ0) is 12.8. The zero-order valence-corrected chi connectivity index (χ0v) is 10.8. The summed E-state index contributed by atoms with van der Waals surface area (Å²) in [4.78, 5) is 0. The topological polar surface area (TPSA) is 82.1 Å². The molecule has 1 aromatic rings. The van der Waals surface area contributed by atoms with Crippen molar-refractivity contribution in [3.8, 4) is 6.07 Å². The highest BCUT2D eigenvalue weighted by Gasteiger charge is 2.16. The van der Waals surface area contributed by atoms with Gasteiger partial charge in [-0.15, -0.1) is 0 Å². The average molecular weight is 251 g/mol. The number of aliphatic hydroxyl groups excluding tert-OH is 1. The van der Waals surface area contributed by atoms with E-state index in [9.17, 15) is 5.11 Å². The van der Waals surface area contributed by atoms with Gasteiger partial charge >= 0.3 is 0 Å². The number of thioether (sulfide) groups is 1. The van der Waals surface area contributed by atoms with E-state index in [-0.39, 0.29) is 17.9 Å². The molecule has 1 rings (SSSR count). The van der Waals surface area contributed by atoms with Gasteiger partial charge in [-0.1, -0.05) is 6.07 Å². The van der Waals surface area contributed by atoms with Crippen LogP contribution < -0.4 is 11.1 Å². The predicted molar refractivity (Wildman–Crippen MR) is 73.0 cm³/mol. The van der Waals surface area contributed by atoms with Gasteiger partial charge in [-0.3, -0.25) is 0 Å².